The van der Waals surface area contributed by atoms with Gasteiger partial charge in [0.15, 0.2) is 5.13 Å². The molecule has 1 aromatic heterocycles. The number of rotatable bonds is 3. The van der Waals surface area contributed by atoms with Crippen LogP contribution in [0.4, 0.5) is 5.13 Å². The zero-order valence-corrected chi connectivity index (χ0v) is 13.0. The van der Waals surface area contributed by atoms with Crippen LogP contribution in [0.15, 0.2) is 23.6 Å². The molecule has 1 aromatic carbocycles. The Morgan fingerprint density at radius 1 is 1.45 bits per heavy atom. The van der Waals surface area contributed by atoms with Crippen molar-refractivity contribution in [1.29, 1.82) is 0 Å². The second kappa shape index (κ2) is 5.35. The van der Waals surface area contributed by atoms with Crippen LogP contribution in [0, 0.1) is 11.8 Å². The maximum atomic E-state index is 11.9. The Balaban J connectivity index is 1.79. The third-order valence-electron chi connectivity index (χ3n) is 3.38. The lowest BCUT2D eigenvalue weighted by molar-refractivity contribution is -0.117. The lowest BCUT2D eigenvalue weighted by atomic mass is 10.2. The number of aromatic nitrogens is 1. The Kier molecular flexibility index (Phi) is 3.71. The van der Waals surface area contributed by atoms with Crippen molar-refractivity contribution in [3.05, 3.63) is 33.6 Å². The molecule has 1 fully saturated rings. The summed E-state index contributed by atoms with van der Waals surface area (Å²) >= 11 is 13.5. The van der Waals surface area contributed by atoms with Gasteiger partial charge in [0.05, 0.1) is 10.7 Å². The Morgan fingerprint density at radius 2 is 2.20 bits per heavy atom. The molecular formula is C14H12Cl2N2OS. The molecule has 3 rings (SSSR count). The van der Waals surface area contributed by atoms with Gasteiger partial charge in [0.25, 0.3) is 0 Å². The SMILES string of the molecule is CC1CC1C(=O)Nc1nc(-c2cc(Cl)ccc2Cl)cs1. The fraction of sp³-hybridized carbons (Fsp3) is 0.286. The van der Waals surface area contributed by atoms with Gasteiger partial charge < -0.3 is 5.32 Å². The van der Waals surface area contributed by atoms with Crippen LogP contribution in [0.1, 0.15) is 13.3 Å². The molecule has 1 N–H and O–H groups in total. The molecule has 2 aromatic rings. The van der Waals surface area contributed by atoms with Gasteiger partial charge in [-0.05, 0) is 30.5 Å². The number of thiazole rings is 1. The molecule has 3 nitrogen and oxygen atoms in total. The molecule has 2 atom stereocenters. The molecule has 0 saturated heterocycles. The van der Waals surface area contributed by atoms with Crippen molar-refractivity contribution in [2.45, 2.75) is 13.3 Å². The predicted molar refractivity (Wildman–Crippen MR) is 83.5 cm³/mol. The van der Waals surface area contributed by atoms with E-state index in [1.54, 1.807) is 18.2 Å². The van der Waals surface area contributed by atoms with Crippen molar-refractivity contribution < 1.29 is 4.79 Å². The number of hydrogen-bond donors (Lipinski definition) is 1. The van der Waals surface area contributed by atoms with Gasteiger partial charge in [-0.15, -0.1) is 11.3 Å². The molecule has 20 heavy (non-hydrogen) atoms. The Hall–Kier alpha value is -1.10. The zero-order chi connectivity index (χ0) is 14.3. The molecule has 2 unspecified atom stereocenters. The van der Waals surface area contributed by atoms with Crippen molar-refractivity contribution in [1.82, 2.24) is 4.98 Å². The number of carbonyl (C=O) groups is 1. The first-order chi connectivity index (χ1) is 9.54. The topological polar surface area (TPSA) is 42.0 Å². The van der Waals surface area contributed by atoms with Crippen LogP contribution in [0.2, 0.25) is 10.0 Å². The van der Waals surface area contributed by atoms with Gasteiger partial charge in [0.1, 0.15) is 0 Å². The average molecular weight is 327 g/mol. The number of nitrogens with one attached hydrogen (secondary N) is 1. The number of benzene rings is 1. The predicted octanol–water partition coefficient (Wildman–Crippen LogP) is 4.71. The number of anilines is 1. The first-order valence-corrected chi connectivity index (χ1v) is 7.90. The van der Waals surface area contributed by atoms with Crippen LogP contribution >= 0.6 is 34.5 Å². The molecule has 0 aliphatic heterocycles. The summed E-state index contributed by atoms with van der Waals surface area (Å²) in [4.78, 5) is 16.3. The molecule has 0 spiro atoms. The smallest absolute Gasteiger partial charge is 0.229 e. The first kappa shape index (κ1) is 13.9. The van der Waals surface area contributed by atoms with E-state index in [1.165, 1.54) is 11.3 Å². The third kappa shape index (κ3) is 2.82. The molecule has 1 aliphatic rings. The highest BCUT2D eigenvalue weighted by molar-refractivity contribution is 7.14. The van der Waals surface area contributed by atoms with Crippen LogP contribution in [-0.4, -0.2) is 10.9 Å². The standard InChI is InChI=1S/C14H12Cl2N2OS/c1-7-4-9(7)13(19)18-14-17-12(6-20-14)10-5-8(15)2-3-11(10)16/h2-3,5-7,9H,4H2,1H3,(H,17,18,19). The van der Waals surface area contributed by atoms with Crippen molar-refractivity contribution in [3.8, 4) is 11.3 Å². The molecule has 1 aliphatic carbocycles. The maximum Gasteiger partial charge on any atom is 0.229 e. The van der Waals surface area contributed by atoms with Gasteiger partial charge in [0, 0.05) is 21.9 Å². The van der Waals surface area contributed by atoms with Crippen molar-refractivity contribution >= 4 is 45.6 Å². The second-order valence-corrected chi connectivity index (χ2v) is 6.67. The highest BCUT2D eigenvalue weighted by Gasteiger charge is 2.39. The van der Waals surface area contributed by atoms with Gasteiger partial charge in [-0.1, -0.05) is 30.1 Å². The van der Waals surface area contributed by atoms with Gasteiger partial charge >= 0.3 is 0 Å². The second-order valence-electron chi connectivity index (χ2n) is 4.97. The average Bonchev–Trinajstić information content (AvgIpc) is 2.97. The van der Waals surface area contributed by atoms with E-state index < -0.39 is 0 Å². The summed E-state index contributed by atoms with van der Waals surface area (Å²) in [5.41, 5.74) is 1.50. The molecule has 0 bridgehead atoms. The largest absolute Gasteiger partial charge is 0.302 e. The first-order valence-electron chi connectivity index (χ1n) is 6.26. The molecule has 104 valence electrons. The molecule has 1 amide bonds. The fourth-order valence-electron chi connectivity index (χ4n) is 2.03. The Morgan fingerprint density at radius 3 is 2.90 bits per heavy atom. The summed E-state index contributed by atoms with van der Waals surface area (Å²) in [6.07, 6.45) is 0.962. The van der Waals surface area contributed by atoms with Crippen LogP contribution in [-0.2, 0) is 4.79 Å². The Labute approximate surface area is 130 Å². The minimum atomic E-state index is 0.0515. The summed E-state index contributed by atoms with van der Waals surface area (Å²) in [5.74, 6) is 0.671. The quantitative estimate of drug-likeness (QED) is 0.887. The highest BCUT2D eigenvalue weighted by Crippen LogP contribution is 2.39. The summed E-state index contributed by atoms with van der Waals surface area (Å²) in [5, 5.41) is 6.51. The number of carbonyl (C=O) groups excluding carboxylic acids is 1. The highest BCUT2D eigenvalue weighted by atomic mass is 35.5. The summed E-state index contributed by atoms with van der Waals surface area (Å²) in [6, 6.07) is 5.24. The van der Waals surface area contributed by atoms with Crippen LogP contribution in [0.5, 0.6) is 0 Å². The molecule has 6 heteroatoms. The van der Waals surface area contributed by atoms with Gasteiger partial charge in [-0.2, -0.15) is 0 Å². The van der Waals surface area contributed by atoms with E-state index in [1.807, 2.05) is 5.38 Å². The van der Waals surface area contributed by atoms with Crippen LogP contribution in [0.25, 0.3) is 11.3 Å². The number of halogens is 2. The van der Waals surface area contributed by atoms with Gasteiger partial charge in [-0.3, -0.25) is 4.79 Å². The maximum absolute atomic E-state index is 11.9. The Bertz CT molecular complexity index is 671. The van der Waals surface area contributed by atoms with E-state index in [4.69, 9.17) is 23.2 Å². The number of nitrogens with zero attached hydrogens (tertiary/aromatic N) is 1. The summed E-state index contributed by atoms with van der Waals surface area (Å²) < 4.78 is 0. The van der Waals surface area contributed by atoms with E-state index in [0.29, 0.717) is 21.1 Å². The molecular weight excluding hydrogens is 315 g/mol. The minimum Gasteiger partial charge on any atom is -0.302 e. The minimum absolute atomic E-state index is 0.0515. The monoisotopic (exact) mass is 326 g/mol. The van der Waals surface area contributed by atoms with Crippen molar-refractivity contribution in [2.75, 3.05) is 5.32 Å². The zero-order valence-electron chi connectivity index (χ0n) is 10.7. The van der Waals surface area contributed by atoms with Crippen molar-refractivity contribution in [3.63, 3.8) is 0 Å². The molecule has 1 heterocycles. The number of amides is 1. The lowest BCUT2D eigenvalue weighted by Crippen LogP contribution is -2.14. The van der Waals surface area contributed by atoms with E-state index in [2.05, 4.69) is 17.2 Å². The van der Waals surface area contributed by atoms with Crippen LogP contribution < -0.4 is 5.32 Å². The fourth-order valence-corrected chi connectivity index (χ4v) is 3.13. The van der Waals surface area contributed by atoms with Gasteiger partial charge in [-0.25, -0.2) is 4.98 Å². The van der Waals surface area contributed by atoms with E-state index in [9.17, 15) is 4.79 Å². The third-order valence-corrected chi connectivity index (χ3v) is 4.71. The number of hydrogen-bond acceptors (Lipinski definition) is 3. The normalized spacial score (nSPS) is 20.8. The molecule has 0 radical (unpaired) electrons. The van der Waals surface area contributed by atoms with Gasteiger partial charge in [0.2, 0.25) is 5.91 Å². The summed E-state index contributed by atoms with van der Waals surface area (Å²) in [6.45, 7) is 2.07. The van der Waals surface area contributed by atoms with E-state index in [0.717, 1.165) is 17.7 Å². The lowest BCUT2D eigenvalue weighted by Gasteiger charge is -2.01. The van der Waals surface area contributed by atoms with E-state index >= 15 is 0 Å². The van der Waals surface area contributed by atoms with Crippen LogP contribution in [0.3, 0.4) is 0 Å². The van der Waals surface area contributed by atoms with Crippen molar-refractivity contribution in [2.24, 2.45) is 11.8 Å². The molecule has 1 saturated carbocycles. The van der Waals surface area contributed by atoms with E-state index in [-0.39, 0.29) is 11.8 Å². The summed E-state index contributed by atoms with van der Waals surface area (Å²) in [7, 11) is 0.